The predicted octanol–water partition coefficient (Wildman–Crippen LogP) is 2.75. The van der Waals surface area contributed by atoms with E-state index >= 15 is 0 Å². The first kappa shape index (κ1) is 15.8. The van der Waals surface area contributed by atoms with E-state index in [9.17, 15) is 0 Å². The second-order valence-corrected chi connectivity index (χ2v) is 6.59. The summed E-state index contributed by atoms with van der Waals surface area (Å²) in [6.45, 7) is 4.30. The van der Waals surface area contributed by atoms with E-state index in [0.717, 1.165) is 18.1 Å². The van der Waals surface area contributed by atoms with Gasteiger partial charge in [0, 0.05) is 29.7 Å². The average Bonchev–Trinajstić information content (AvgIpc) is 2.76. The lowest BCUT2D eigenvalue weighted by atomic mass is 9.98. The van der Waals surface area contributed by atoms with Gasteiger partial charge in [-0.25, -0.2) is 0 Å². The summed E-state index contributed by atoms with van der Waals surface area (Å²) in [5.74, 6) is 0. The predicted molar refractivity (Wildman–Crippen MR) is 86.1 cm³/mol. The molecule has 112 valence electrons. The molecule has 0 spiro atoms. The van der Waals surface area contributed by atoms with Gasteiger partial charge in [-0.15, -0.1) is 0 Å². The van der Waals surface area contributed by atoms with Crippen LogP contribution in [0.2, 0.25) is 5.02 Å². The number of rotatable bonds is 5. The highest BCUT2D eigenvalue weighted by molar-refractivity contribution is 6.30. The molecule has 1 fully saturated rings. The molecule has 0 bridgehead atoms. The van der Waals surface area contributed by atoms with E-state index in [-0.39, 0.29) is 12.1 Å². The minimum atomic E-state index is 0.0937. The quantitative estimate of drug-likeness (QED) is 0.906. The number of nitrogens with two attached hydrogens (primary N) is 1. The van der Waals surface area contributed by atoms with Crippen molar-refractivity contribution >= 4 is 11.6 Å². The lowest BCUT2D eigenvalue weighted by Gasteiger charge is -2.37. The molecule has 0 saturated carbocycles. The van der Waals surface area contributed by atoms with E-state index in [1.807, 2.05) is 12.1 Å². The number of nitrogens with zero attached hydrogens (tertiary/aromatic N) is 2. The Morgan fingerprint density at radius 2 is 2.20 bits per heavy atom. The highest BCUT2D eigenvalue weighted by Crippen LogP contribution is 2.32. The zero-order valence-corrected chi connectivity index (χ0v) is 13.5. The van der Waals surface area contributed by atoms with Crippen molar-refractivity contribution in [2.24, 2.45) is 5.73 Å². The van der Waals surface area contributed by atoms with Gasteiger partial charge < -0.3 is 10.6 Å². The number of halogens is 1. The lowest BCUT2D eigenvalue weighted by molar-refractivity contribution is 0.137. The molecule has 2 rings (SSSR count). The molecule has 1 aliphatic heterocycles. The summed E-state index contributed by atoms with van der Waals surface area (Å²) in [5.41, 5.74) is 7.53. The summed E-state index contributed by atoms with van der Waals surface area (Å²) in [6, 6.07) is 9.07. The monoisotopic (exact) mass is 295 g/mol. The van der Waals surface area contributed by atoms with Gasteiger partial charge in [0.1, 0.15) is 0 Å². The summed E-state index contributed by atoms with van der Waals surface area (Å²) in [5, 5.41) is 0.788. The second kappa shape index (κ2) is 6.90. The fraction of sp³-hybridized carbons (Fsp3) is 0.625. The van der Waals surface area contributed by atoms with Gasteiger partial charge in [0.05, 0.1) is 0 Å². The first-order valence-corrected chi connectivity index (χ1v) is 7.78. The van der Waals surface area contributed by atoms with Gasteiger partial charge in [0.25, 0.3) is 0 Å². The van der Waals surface area contributed by atoms with Crippen LogP contribution in [0.5, 0.6) is 0 Å². The molecule has 3 unspecified atom stereocenters. The molecule has 20 heavy (non-hydrogen) atoms. The van der Waals surface area contributed by atoms with E-state index in [1.54, 1.807) is 0 Å². The lowest BCUT2D eigenvalue weighted by Crippen LogP contribution is -2.45. The second-order valence-electron chi connectivity index (χ2n) is 6.16. The van der Waals surface area contributed by atoms with Crippen molar-refractivity contribution < 1.29 is 0 Å². The SMILES string of the molecule is CC(N)C(c1cccc(Cl)c1)N1CCCC1CN(C)C. The van der Waals surface area contributed by atoms with Crippen molar-refractivity contribution in [1.82, 2.24) is 9.80 Å². The highest BCUT2D eigenvalue weighted by atomic mass is 35.5. The molecule has 1 saturated heterocycles. The maximum absolute atomic E-state index is 6.29. The van der Waals surface area contributed by atoms with Crippen molar-refractivity contribution in [3.8, 4) is 0 Å². The van der Waals surface area contributed by atoms with E-state index < -0.39 is 0 Å². The van der Waals surface area contributed by atoms with Gasteiger partial charge in [-0.1, -0.05) is 23.7 Å². The Morgan fingerprint density at radius 1 is 1.45 bits per heavy atom. The van der Waals surface area contributed by atoms with Gasteiger partial charge in [-0.3, -0.25) is 4.90 Å². The van der Waals surface area contributed by atoms with Crippen LogP contribution in [0.15, 0.2) is 24.3 Å². The third-order valence-electron chi connectivity index (χ3n) is 4.04. The molecule has 0 aromatic heterocycles. The van der Waals surface area contributed by atoms with Crippen LogP contribution < -0.4 is 5.73 Å². The van der Waals surface area contributed by atoms with Gasteiger partial charge in [-0.05, 0) is 58.1 Å². The van der Waals surface area contributed by atoms with Crippen molar-refractivity contribution in [3.05, 3.63) is 34.9 Å². The summed E-state index contributed by atoms with van der Waals surface area (Å²) < 4.78 is 0. The molecular formula is C16H26ClN3. The van der Waals surface area contributed by atoms with Crippen LogP contribution in [0.3, 0.4) is 0 Å². The van der Waals surface area contributed by atoms with Crippen LogP contribution in [0.25, 0.3) is 0 Å². The normalized spacial score (nSPS) is 23.2. The molecule has 1 aliphatic rings. The van der Waals surface area contributed by atoms with Gasteiger partial charge in [-0.2, -0.15) is 0 Å². The molecule has 0 amide bonds. The van der Waals surface area contributed by atoms with E-state index in [2.05, 4.69) is 43.0 Å². The standard InChI is InChI=1S/C16H26ClN3/c1-12(18)16(13-6-4-7-14(17)10-13)20-9-5-8-15(20)11-19(2)3/h4,6-7,10,12,15-16H,5,8-9,11,18H2,1-3H3. The molecule has 0 radical (unpaired) electrons. The Labute approximate surface area is 127 Å². The third-order valence-corrected chi connectivity index (χ3v) is 4.28. The largest absolute Gasteiger partial charge is 0.326 e. The number of likely N-dealkylation sites (N-methyl/N-ethyl adjacent to an activating group) is 1. The fourth-order valence-corrected chi connectivity index (χ4v) is 3.53. The van der Waals surface area contributed by atoms with Crippen LogP contribution in [0, 0.1) is 0 Å². The first-order valence-electron chi connectivity index (χ1n) is 7.40. The summed E-state index contributed by atoms with van der Waals surface area (Å²) in [6.07, 6.45) is 2.50. The Morgan fingerprint density at radius 3 is 2.80 bits per heavy atom. The Hall–Kier alpha value is -0.610. The van der Waals surface area contributed by atoms with Crippen LogP contribution in [0.4, 0.5) is 0 Å². The van der Waals surface area contributed by atoms with Crippen molar-refractivity contribution in [1.29, 1.82) is 0 Å². The van der Waals surface area contributed by atoms with E-state index in [1.165, 1.54) is 18.4 Å². The number of hydrogen-bond donors (Lipinski definition) is 1. The minimum Gasteiger partial charge on any atom is -0.326 e. The van der Waals surface area contributed by atoms with E-state index in [4.69, 9.17) is 17.3 Å². The summed E-state index contributed by atoms with van der Waals surface area (Å²) in [4.78, 5) is 4.83. The molecule has 0 aliphatic carbocycles. The number of likely N-dealkylation sites (tertiary alicyclic amines) is 1. The fourth-order valence-electron chi connectivity index (χ4n) is 3.33. The molecular weight excluding hydrogens is 270 g/mol. The molecule has 1 aromatic rings. The Balaban J connectivity index is 2.24. The summed E-state index contributed by atoms with van der Waals surface area (Å²) in [7, 11) is 4.27. The van der Waals surface area contributed by atoms with Crippen LogP contribution in [-0.2, 0) is 0 Å². The van der Waals surface area contributed by atoms with Crippen LogP contribution in [-0.4, -0.2) is 49.1 Å². The molecule has 3 nitrogen and oxygen atoms in total. The topological polar surface area (TPSA) is 32.5 Å². The van der Waals surface area contributed by atoms with Crippen LogP contribution >= 0.6 is 11.6 Å². The number of benzene rings is 1. The average molecular weight is 296 g/mol. The van der Waals surface area contributed by atoms with Crippen molar-refractivity contribution in [3.63, 3.8) is 0 Å². The molecule has 1 heterocycles. The highest BCUT2D eigenvalue weighted by Gasteiger charge is 2.33. The molecule has 4 heteroatoms. The Bertz CT molecular complexity index is 433. The van der Waals surface area contributed by atoms with Crippen molar-refractivity contribution in [2.75, 3.05) is 27.2 Å². The zero-order chi connectivity index (χ0) is 14.7. The summed E-state index contributed by atoms with van der Waals surface area (Å²) >= 11 is 6.15. The van der Waals surface area contributed by atoms with Crippen molar-refractivity contribution in [2.45, 2.75) is 37.9 Å². The number of hydrogen-bond acceptors (Lipinski definition) is 3. The molecule has 3 atom stereocenters. The van der Waals surface area contributed by atoms with Gasteiger partial charge in [0.2, 0.25) is 0 Å². The van der Waals surface area contributed by atoms with Gasteiger partial charge in [0.15, 0.2) is 0 Å². The minimum absolute atomic E-state index is 0.0937. The zero-order valence-electron chi connectivity index (χ0n) is 12.7. The molecule has 2 N–H and O–H groups in total. The third kappa shape index (κ3) is 3.73. The smallest absolute Gasteiger partial charge is 0.0500 e. The first-order chi connectivity index (χ1) is 9.49. The van der Waals surface area contributed by atoms with Crippen LogP contribution in [0.1, 0.15) is 31.4 Å². The Kier molecular flexibility index (Phi) is 5.44. The molecule has 1 aromatic carbocycles. The maximum Gasteiger partial charge on any atom is 0.0500 e. The van der Waals surface area contributed by atoms with E-state index in [0.29, 0.717) is 6.04 Å². The van der Waals surface area contributed by atoms with Gasteiger partial charge >= 0.3 is 0 Å². The maximum atomic E-state index is 6.29.